The fourth-order valence-electron chi connectivity index (χ4n) is 1.79. The highest BCUT2D eigenvalue weighted by atomic mass is 15.3. The van der Waals surface area contributed by atoms with Crippen LogP contribution >= 0.6 is 0 Å². The predicted octanol–water partition coefficient (Wildman–Crippen LogP) is 1.28. The largest absolute Gasteiger partial charge is 0.384 e. The summed E-state index contributed by atoms with van der Waals surface area (Å²) in [5.74, 6) is 1.19. The van der Waals surface area contributed by atoms with Crippen molar-refractivity contribution >= 4 is 5.82 Å². The second-order valence-corrected chi connectivity index (χ2v) is 3.77. The van der Waals surface area contributed by atoms with Crippen molar-refractivity contribution in [2.45, 2.75) is 13.8 Å². The van der Waals surface area contributed by atoms with Gasteiger partial charge in [-0.2, -0.15) is 10.4 Å². The van der Waals surface area contributed by atoms with Gasteiger partial charge in [0.25, 0.3) is 0 Å². The second-order valence-electron chi connectivity index (χ2n) is 3.77. The Kier molecular flexibility index (Phi) is 2.20. The summed E-state index contributed by atoms with van der Waals surface area (Å²) in [7, 11) is 1.84. The number of aryl methyl sites for hydroxylation is 1. The number of nitrogens with two attached hydrogens (primary N) is 1. The third-order valence-corrected chi connectivity index (χ3v) is 2.79. The van der Waals surface area contributed by atoms with Crippen LogP contribution in [0.25, 0.3) is 5.82 Å². The van der Waals surface area contributed by atoms with Gasteiger partial charge in [0.15, 0.2) is 5.82 Å². The molecule has 0 aliphatic carbocycles. The van der Waals surface area contributed by atoms with Crippen molar-refractivity contribution in [1.82, 2.24) is 14.3 Å². The van der Waals surface area contributed by atoms with Gasteiger partial charge >= 0.3 is 0 Å². The number of nitrogen functional groups attached to an aromatic ring is 1. The molecule has 0 atom stereocenters. The number of hydrogen-bond acceptors (Lipinski definition) is 3. The Balaban J connectivity index is 2.72. The average Bonchev–Trinajstić information content (AvgIpc) is 2.73. The lowest BCUT2D eigenvalue weighted by molar-refractivity contribution is 0.749. The standard InChI is InChI=1S/C11H13N5/c1-7-8(2)16(11(13)9(7)6-12)10-4-5-15(3)14-10/h4-5H,13H2,1-3H3. The average molecular weight is 215 g/mol. The Morgan fingerprint density at radius 2 is 2.12 bits per heavy atom. The van der Waals surface area contributed by atoms with Crippen molar-refractivity contribution in [3.8, 4) is 11.9 Å². The Labute approximate surface area is 93.7 Å². The van der Waals surface area contributed by atoms with E-state index >= 15 is 0 Å². The first-order valence-corrected chi connectivity index (χ1v) is 4.93. The van der Waals surface area contributed by atoms with E-state index in [0.29, 0.717) is 11.4 Å². The number of hydrogen-bond donors (Lipinski definition) is 1. The third kappa shape index (κ3) is 1.27. The first-order valence-electron chi connectivity index (χ1n) is 4.93. The molecule has 0 aliphatic heterocycles. The summed E-state index contributed by atoms with van der Waals surface area (Å²) in [6, 6.07) is 3.99. The number of rotatable bonds is 1. The van der Waals surface area contributed by atoms with E-state index in [1.54, 1.807) is 9.25 Å². The smallest absolute Gasteiger partial charge is 0.160 e. The van der Waals surface area contributed by atoms with E-state index in [0.717, 1.165) is 17.1 Å². The number of anilines is 1. The molecule has 0 amide bonds. The summed E-state index contributed by atoms with van der Waals surface area (Å²) in [5.41, 5.74) is 8.34. The van der Waals surface area contributed by atoms with E-state index in [1.807, 2.05) is 33.2 Å². The fourth-order valence-corrected chi connectivity index (χ4v) is 1.79. The van der Waals surface area contributed by atoms with Gasteiger partial charge in [0, 0.05) is 25.0 Å². The molecule has 2 rings (SSSR count). The highest BCUT2D eigenvalue weighted by Gasteiger charge is 2.17. The van der Waals surface area contributed by atoms with Gasteiger partial charge < -0.3 is 5.73 Å². The van der Waals surface area contributed by atoms with E-state index in [2.05, 4.69) is 11.2 Å². The van der Waals surface area contributed by atoms with Crippen LogP contribution < -0.4 is 5.73 Å². The lowest BCUT2D eigenvalue weighted by Gasteiger charge is -2.04. The fraction of sp³-hybridized carbons (Fsp3) is 0.273. The van der Waals surface area contributed by atoms with E-state index in [4.69, 9.17) is 11.0 Å². The molecule has 2 N–H and O–H groups in total. The van der Waals surface area contributed by atoms with Crippen LogP contribution in [0.2, 0.25) is 0 Å². The molecule has 0 fully saturated rings. The van der Waals surface area contributed by atoms with Crippen LogP contribution in [0.1, 0.15) is 16.8 Å². The lowest BCUT2D eigenvalue weighted by atomic mass is 10.2. The van der Waals surface area contributed by atoms with Gasteiger partial charge in [0.1, 0.15) is 11.9 Å². The van der Waals surface area contributed by atoms with E-state index in [9.17, 15) is 0 Å². The van der Waals surface area contributed by atoms with E-state index in [1.165, 1.54) is 0 Å². The summed E-state index contributed by atoms with van der Waals surface area (Å²) >= 11 is 0. The zero-order valence-corrected chi connectivity index (χ0v) is 9.52. The minimum absolute atomic E-state index is 0.455. The van der Waals surface area contributed by atoms with Crippen LogP contribution in [0.4, 0.5) is 5.82 Å². The maximum absolute atomic E-state index is 9.02. The van der Waals surface area contributed by atoms with Gasteiger partial charge in [-0.05, 0) is 19.4 Å². The van der Waals surface area contributed by atoms with Gasteiger partial charge in [0.05, 0.1) is 5.56 Å². The maximum Gasteiger partial charge on any atom is 0.160 e. The zero-order chi connectivity index (χ0) is 11.9. The molecular weight excluding hydrogens is 202 g/mol. The minimum atomic E-state index is 0.455. The first-order chi connectivity index (χ1) is 7.56. The van der Waals surface area contributed by atoms with Crippen LogP contribution in [0, 0.1) is 25.2 Å². The molecule has 0 unspecified atom stereocenters. The molecule has 0 aliphatic rings. The maximum atomic E-state index is 9.02. The molecule has 2 aromatic heterocycles. The zero-order valence-electron chi connectivity index (χ0n) is 9.52. The molecule has 82 valence electrons. The lowest BCUT2D eigenvalue weighted by Crippen LogP contribution is -2.04. The van der Waals surface area contributed by atoms with E-state index < -0.39 is 0 Å². The summed E-state index contributed by atoms with van der Waals surface area (Å²) in [6.45, 7) is 3.82. The summed E-state index contributed by atoms with van der Waals surface area (Å²) in [6.07, 6.45) is 1.84. The SMILES string of the molecule is Cc1c(C#N)c(N)n(-c2ccn(C)n2)c1C. The molecule has 0 aromatic carbocycles. The molecular formula is C11H13N5. The Morgan fingerprint density at radius 1 is 1.44 bits per heavy atom. The monoisotopic (exact) mass is 215 g/mol. The van der Waals surface area contributed by atoms with Crippen molar-refractivity contribution in [2.75, 3.05) is 5.73 Å². The van der Waals surface area contributed by atoms with Gasteiger partial charge in [-0.3, -0.25) is 9.25 Å². The van der Waals surface area contributed by atoms with Crippen molar-refractivity contribution in [3.63, 3.8) is 0 Å². The minimum Gasteiger partial charge on any atom is -0.384 e. The van der Waals surface area contributed by atoms with Crippen LogP contribution in [0.3, 0.4) is 0 Å². The normalized spacial score (nSPS) is 10.4. The predicted molar refractivity (Wildman–Crippen MR) is 61.1 cm³/mol. The number of nitriles is 1. The van der Waals surface area contributed by atoms with Crippen LogP contribution in [-0.4, -0.2) is 14.3 Å². The Hall–Kier alpha value is -2.22. The van der Waals surface area contributed by atoms with Gasteiger partial charge in [-0.25, -0.2) is 0 Å². The molecule has 16 heavy (non-hydrogen) atoms. The number of aromatic nitrogens is 3. The molecule has 0 radical (unpaired) electrons. The molecule has 0 saturated carbocycles. The molecule has 0 saturated heterocycles. The highest BCUT2D eigenvalue weighted by Crippen LogP contribution is 2.26. The topological polar surface area (TPSA) is 72.6 Å². The van der Waals surface area contributed by atoms with Crippen molar-refractivity contribution in [2.24, 2.45) is 7.05 Å². The summed E-state index contributed by atoms with van der Waals surface area (Å²) in [5, 5.41) is 13.3. The van der Waals surface area contributed by atoms with Crippen LogP contribution in [0.5, 0.6) is 0 Å². The summed E-state index contributed by atoms with van der Waals surface area (Å²) < 4.78 is 3.50. The first kappa shape index (κ1) is 10.3. The Bertz CT molecular complexity index is 582. The van der Waals surface area contributed by atoms with Gasteiger partial charge in [-0.15, -0.1) is 0 Å². The molecule has 5 nitrogen and oxygen atoms in total. The second kappa shape index (κ2) is 3.42. The molecule has 2 heterocycles. The van der Waals surface area contributed by atoms with Crippen molar-refractivity contribution in [3.05, 3.63) is 29.1 Å². The van der Waals surface area contributed by atoms with Crippen LogP contribution in [-0.2, 0) is 7.05 Å². The van der Waals surface area contributed by atoms with Crippen LogP contribution in [0.15, 0.2) is 12.3 Å². The van der Waals surface area contributed by atoms with Crippen molar-refractivity contribution in [1.29, 1.82) is 5.26 Å². The Morgan fingerprint density at radius 3 is 2.56 bits per heavy atom. The van der Waals surface area contributed by atoms with E-state index in [-0.39, 0.29) is 0 Å². The molecule has 5 heteroatoms. The van der Waals surface area contributed by atoms with Gasteiger partial charge in [-0.1, -0.05) is 0 Å². The van der Waals surface area contributed by atoms with Crippen molar-refractivity contribution < 1.29 is 0 Å². The molecule has 0 bridgehead atoms. The highest BCUT2D eigenvalue weighted by molar-refractivity contribution is 5.61. The third-order valence-electron chi connectivity index (χ3n) is 2.79. The molecule has 2 aromatic rings. The number of nitrogens with zero attached hydrogens (tertiary/aromatic N) is 4. The van der Waals surface area contributed by atoms with Gasteiger partial charge in [0.2, 0.25) is 0 Å². The summed E-state index contributed by atoms with van der Waals surface area (Å²) in [4.78, 5) is 0. The molecule has 0 spiro atoms. The quantitative estimate of drug-likeness (QED) is 0.778.